The van der Waals surface area contributed by atoms with E-state index in [1.165, 1.54) is 25.0 Å². The number of hydrogen-bond acceptors (Lipinski definition) is 3. The Morgan fingerprint density at radius 2 is 2.57 bits per heavy atom. The number of H-pyrrole nitrogens is 1. The van der Waals surface area contributed by atoms with Crippen molar-refractivity contribution in [3.05, 3.63) is 18.2 Å². The van der Waals surface area contributed by atoms with Gasteiger partial charge in [0.15, 0.2) is 0 Å². The Morgan fingerprint density at radius 1 is 1.57 bits per heavy atom. The molecule has 1 saturated heterocycles. The Balaban J connectivity index is 1.62. The minimum Gasteiger partial charge on any atom is -0.348 e. The molecular formula is C10H17N3S. The summed E-state index contributed by atoms with van der Waals surface area (Å²) in [4.78, 5) is 7.27. The molecule has 0 aromatic carbocycles. The van der Waals surface area contributed by atoms with Gasteiger partial charge in [-0.1, -0.05) is 6.42 Å². The van der Waals surface area contributed by atoms with Crippen LogP contribution in [0.5, 0.6) is 0 Å². The fraction of sp³-hybridized carbons (Fsp3) is 0.700. The van der Waals surface area contributed by atoms with Gasteiger partial charge in [0.2, 0.25) is 0 Å². The summed E-state index contributed by atoms with van der Waals surface area (Å²) in [6, 6.07) is 0. The molecule has 1 atom stereocenters. The highest BCUT2D eigenvalue weighted by atomic mass is 32.2. The normalized spacial score (nSPS) is 22.4. The molecule has 1 fully saturated rings. The van der Waals surface area contributed by atoms with Crippen molar-refractivity contribution < 1.29 is 0 Å². The maximum absolute atomic E-state index is 4.17. The van der Waals surface area contributed by atoms with Crippen LogP contribution in [0.3, 0.4) is 0 Å². The quantitative estimate of drug-likeness (QED) is 0.797. The summed E-state index contributed by atoms with van der Waals surface area (Å²) in [5.41, 5.74) is 0. The van der Waals surface area contributed by atoms with Crippen LogP contribution in [0.25, 0.3) is 0 Å². The second-order valence-corrected chi connectivity index (χ2v) is 5.06. The first-order valence-corrected chi connectivity index (χ1v) is 6.30. The number of hydrogen-bond donors (Lipinski definition) is 2. The molecule has 2 rings (SSSR count). The second-order valence-electron chi connectivity index (χ2n) is 3.66. The van der Waals surface area contributed by atoms with Gasteiger partial charge in [-0.15, -0.1) is 0 Å². The van der Waals surface area contributed by atoms with Crippen LogP contribution in [-0.4, -0.2) is 27.5 Å². The van der Waals surface area contributed by atoms with E-state index in [0.29, 0.717) is 0 Å². The number of rotatable bonds is 4. The van der Waals surface area contributed by atoms with Crippen molar-refractivity contribution in [3.63, 3.8) is 0 Å². The SMILES string of the molecule is c1c[nH]c(CNCC2CCCCS2)n1. The highest BCUT2D eigenvalue weighted by Gasteiger charge is 2.12. The van der Waals surface area contributed by atoms with Crippen LogP contribution in [0.1, 0.15) is 25.1 Å². The molecule has 0 radical (unpaired) electrons. The molecule has 3 nitrogen and oxygen atoms in total. The Bertz CT molecular complexity index is 242. The van der Waals surface area contributed by atoms with Gasteiger partial charge < -0.3 is 10.3 Å². The van der Waals surface area contributed by atoms with Crippen LogP contribution < -0.4 is 5.32 Å². The van der Waals surface area contributed by atoms with Gasteiger partial charge in [0, 0.05) is 24.2 Å². The maximum Gasteiger partial charge on any atom is 0.120 e. The average Bonchev–Trinajstić information content (AvgIpc) is 2.72. The van der Waals surface area contributed by atoms with Crippen LogP contribution in [0.2, 0.25) is 0 Å². The Labute approximate surface area is 89.1 Å². The molecule has 1 unspecified atom stereocenters. The van der Waals surface area contributed by atoms with Crippen molar-refractivity contribution in [3.8, 4) is 0 Å². The fourth-order valence-electron chi connectivity index (χ4n) is 1.71. The second kappa shape index (κ2) is 5.41. The van der Waals surface area contributed by atoms with Crippen molar-refractivity contribution in [1.82, 2.24) is 15.3 Å². The monoisotopic (exact) mass is 211 g/mol. The molecule has 1 aromatic heterocycles. The lowest BCUT2D eigenvalue weighted by Gasteiger charge is -2.21. The third-order valence-electron chi connectivity index (χ3n) is 2.49. The van der Waals surface area contributed by atoms with Gasteiger partial charge >= 0.3 is 0 Å². The third kappa shape index (κ3) is 3.03. The highest BCUT2D eigenvalue weighted by molar-refractivity contribution is 7.99. The Kier molecular flexibility index (Phi) is 3.89. The van der Waals surface area contributed by atoms with Crippen molar-refractivity contribution in [2.45, 2.75) is 31.1 Å². The van der Waals surface area contributed by atoms with Crippen LogP contribution in [0, 0.1) is 0 Å². The smallest absolute Gasteiger partial charge is 0.120 e. The highest BCUT2D eigenvalue weighted by Crippen LogP contribution is 2.24. The summed E-state index contributed by atoms with van der Waals surface area (Å²) in [6.45, 7) is 1.98. The van der Waals surface area contributed by atoms with E-state index >= 15 is 0 Å². The van der Waals surface area contributed by atoms with E-state index in [1.807, 2.05) is 6.20 Å². The van der Waals surface area contributed by atoms with E-state index in [1.54, 1.807) is 6.20 Å². The van der Waals surface area contributed by atoms with Crippen molar-refractivity contribution in [1.29, 1.82) is 0 Å². The zero-order valence-corrected chi connectivity index (χ0v) is 9.15. The molecule has 0 aliphatic carbocycles. The van der Waals surface area contributed by atoms with Crippen molar-refractivity contribution >= 4 is 11.8 Å². The minimum atomic E-state index is 0.818. The first kappa shape index (κ1) is 10.1. The Hall–Kier alpha value is -0.480. The topological polar surface area (TPSA) is 40.7 Å². The summed E-state index contributed by atoms with van der Waals surface area (Å²) in [6.07, 6.45) is 7.84. The number of aromatic amines is 1. The zero-order valence-electron chi connectivity index (χ0n) is 8.33. The zero-order chi connectivity index (χ0) is 9.64. The molecule has 4 heteroatoms. The number of nitrogens with zero attached hydrogens (tertiary/aromatic N) is 1. The number of thioether (sulfide) groups is 1. The molecule has 1 aliphatic heterocycles. The Morgan fingerprint density at radius 3 is 3.29 bits per heavy atom. The predicted octanol–water partition coefficient (Wildman–Crippen LogP) is 1.78. The first-order chi connectivity index (χ1) is 6.95. The molecule has 2 heterocycles. The molecule has 0 amide bonds. The molecule has 14 heavy (non-hydrogen) atoms. The lowest BCUT2D eigenvalue weighted by Crippen LogP contribution is -2.26. The lowest BCUT2D eigenvalue weighted by molar-refractivity contribution is 0.590. The molecule has 0 saturated carbocycles. The molecule has 78 valence electrons. The van der Waals surface area contributed by atoms with Gasteiger partial charge in [-0.25, -0.2) is 4.98 Å². The van der Waals surface area contributed by atoms with E-state index in [2.05, 4.69) is 27.0 Å². The third-order valence-corrected chi connectivity index (χ3v) is 3.89. The van der Waals surface area contributed by atoms with E-state index in [-0.39, 0.29) is 0 Å². The molecule has 0 spiro atoms. The van der Waals surface area contributed by atoms with E-state index in [0.717, 1.165) is 24.2 Å². The van der Waals surface area contributed by atoms with Crippen LogP contribution >= 0.6 is 11.8 Å². The van der Waals surface area contributed by atoms with Gasteiger partial charge in [-0.05, 0) is 18.6 Å². The summed E-state index contributed by atoms with van der Waals surface area (Å²) in [7, 11) is 0. The summed E-state index contributed by atoms with van der Waals surface area (Å²) >= 11 is 2.11. The standard InChI is InChI=1S/C10H17N3S/c1-2-6-14-9(3-1)7-11-8-10-12-4-5-13-10/h4-5,9,11H,1-3,6-8H2,(H,12,13). The summed E-state index contributed by atoms with van der Waals surface area (Å²) < 4.78 is 0. The van der Waals surface area contributed by atoms with Crippen molar-refractivity contribution in [2.75, 3.05) is 12.3 Å². The summed E-state index contributed by atoms with van der Waals surface area (Å²) in [5.74, 6) is 2.37. The van der Waals surface area contributed by atoms with Crippen LogP contribution in [0.4, 0.5) is 0 Å². The van der Waals surface area contributed by atoms with E-state index in [4.69, 9.17) is 0 Å². The van der Waals surface area contributed by atoms with Crippen LogP contribution in [-0.2, 0) is 6.54 Å². The summed E-state index contributed by atoms with van der Waals surface area (Å²) in [5, 5.41) is 4.26. The van der Waals surface area contributed by atoms with Crippen LogP contribution in [0.15, 0.2) is 12.4 Å². The molecular weight excluding hydrogens is 194 g/mol. The molecule has 1 aromatic rings. The number of imidazole rings is 1. The minimum absolute atomic E-state index is 0.818. The lowest BCUT2D eigenvalue weighted by atomic mass is 10.2. The molecule has 0 bridgehead atoms. The van der Waals surface area contributed by atoms with E-state index < -0.39 is 0 Å². The predicted molar refractivity (Wildman–Crippen MR) is 60.4 cm³/mol. The van der Waals surface area contributed by atoms with Gasteiger partial charge in [-0.3, -0.25) is 0 Å². The van der Waals surface area contributed by atoms with Gasteiger partial charge in [-0.2, -0.15) is 11.8 Å². The average molecular weight is 211 g/mol. The van der Waals surface area contributed by atoms with Gasteiger partial charge in [0.05, 0.1) is 6.54 Å². The molecule has 1 aliphatic rings. The van der Waals surface area contributed by atoms with Gasteiger partial charge in [0.25, 0.3) is 0 Å². The first-order valence-electron chi connectivity index (χ1n) is 5.26. The van der Waals surface area contributed by atoms with E-state index in [9.17, 15) is 0 Å². The maximum atomic E-state index is 4.17. The van der Waals surface area contributed by atoms with Crippen molar-refractivity contribution in [2.24, 2.45) is 0 Å². The number of nitrogens with one attached hydrogen (secondary N) is 2. The van der Waals surface area contributed by atoms with Gasteiger partial charge in [0.1, 0.15) is 5.82 Å². The molecule has 2 N–H and O–H groups in total. The number of aromatic nitrogens is 2. The fourth-order valence-corrected chi connectivity index (χ4v) is 2.99. The largest absolute Gasteiger partial charge is 0.348 e.